The minimum atomic E-state index is -3.94. The molecule has 186 valence electrons. The molecule has 2 amide bonds. The van der Waals surface area contributed by atoms with Crippen LogP contribution in [0.5, 0.6) is 0 Å². The maximum absolute atomic E-state index is 12.4. The van der Waals surface area contributed by atoms with Crippen LogP contribution in [0.1, 0.15) is 31.5 Å². The molecule has 4 rings (SSSR count). The normalized spacial score (nSPS) is 14.4. The van der Waals surface area contributed by atoms with E-state index in [0.29, 0.717) is 19.5 Å². The minimum Gasteiger partial charge on any atom is -1.00 e. The van der Waals surface area contributed by atoms with Gasteiger partial charge in [0.2, 0.25) is 0 Å². The fourth-order valence-corrected chi connectivity index (χ4v) is 5.08. The van der Waals surface area contributed by atoms with E-state index in [9.17, 15) is 13.2 Å². The van der Waals surface area contributed by atoms with Crippen LogP contribution >= 0.6 is 0 Å². The van der Waals surface area contributed by atoms with Gasteiger partial charge in [-0.1, -0.05) is 37.3 Å². The predicted molar refractivity (Wildman–Crippen MR) is 140 cm³/mol. The molecule has 0 saturated heterocycles. The zero-order valence-corrected chi connectivity index (χ0v) is 23.7. The second kappa shape index (κ2) is 12.1. The molecule has 0 bridgehead atoms. The minimum absolute atomic E-state index is 0. The Morgan fingerprint density at radius 1 is 1.06 bits per heavy atom. The molecule has 36 heavy (non-hydrogen) atoms. The van der Waals surface area contributed by atoms with Crippen molar-refractivity contribution >= 4 is 33.1 Å². The van der Waals surface area contributed by atoms with Crippen molar-refractivity contribution in [2.45, 2.75) is 44.3 Å². The van der Waals surface area contributed by atoms with Gasteiger partial charge in [-0.15, -0.1) is 0 Å². The quantitative estimate of drug-likeness (QED) is 0.333. The number of rotatable bonds is 8. The first-order valence-corrected chi connectivity index (χ1v) is 13.1. The summed E-state index contributed by atoms with van der Waals surface area (Å²) in [5.74, 6) is 0. The van der Waals surface area contributed by atoms with Crippen LogP contribution in [0.4, 0.5) is 21.9 Å². The molecule has 0 fully saturated rings. The van der Waals surface area contributed by atoms with Crippen molar-refractivity contribution in [3.63, 3.8) is 0 Å². The van der Waals surface area contributed by atoms with Crippen molar-refractivity contribution in [1.82, 2.24) is 10.0 Å². The number of sulfonamides is 1. The van der Waals surface area contributed by atoms with Crippen molar-refractivity contribution in [3.8, 4) is 0 Å². The van der Waals surface area contributed by atoms with Crippen LogP contribution in [0.3, 0.4) is 0 Å². The third-order valence-electron chi connectivity index (χ3n) is 6.04. The Balaban J connectivity index is 0.00000241. The summed E-state index contributed by atoms with van der Waals surface area (Å²) < 4.78 is 26.8. The Morgan fingerprint density at radius 2 is 1.72 bits per heavy atom. The van der Waals surface area contributed by atoms with Crippen molar-refractivity contribution in [3.05, 3.63) is 83.4 Å². The molecule has 5 N–H and O–H groups in total. The SMILES string of the molecule is CCC1Nc2cc(C)ccc2N1c1ccc(CCNC(=O)NS(=O)(=O)c2ccc(CN)cc2)cc1.[H-].[Na+]. The number of hydrogen-bond donors (Lipinski definition) is 4. The monoisotopic (exact) mass is 517 g/mol. The summed E-state index contributed by atoms with van der Waals surface area (Å²) >= 11 is 0. The summed E-state index contributed by atoms with van der Waals surface area (Å²) in [6.45, 7) is 4.86. The third kappa shape index (κ3) is 6.41. The molecule has 1 atom stereocenters. The van der Waals surface area contributed by atoms with Crippen molar-refractivity contribution in [2.24, 2.45) is 5.73 Å². The van der Waals surface area contributed by atoms with E-state index in [1.54, 1.807) is 12.1 Å². The van der Waals surface area contributed by atoms with E-state index in [1.165, 1.54) is 17.7 Å². The van der Waals surface area contributed by atoms with Crippen molar-refractivity contribution in [1.29, 1.82) is 0 Å². The molecular formula is C26H32N5NaO3S. The number of nitrogens with two attached hydrogens (primary N) is 1. The van der Waals surface area contributed by atoms with Crippen LogP contribution < -0.4 is 55.5 Å². The second-order valence-corrected chi connectivity index (χ2v) is 10.3. The maximum atomic E-state index is 12.4. The number of aryl methyl sites for hydroxylation is 1. The molecular weight excluding hydrogens is 485 g/mol. The van der Waals surface area contributed by atoms with Crippen LogP contribution in [-0.4, -0.2) is 27.2 Å². The van der Waals surface area contributed by atoms with Gasteiger partial charge in [-0.05, 0) is 72.9 Å². The van der Waals surface area contributed by atoms with Gasteiger partial charge in [0.25, 0.3) is 10.0 Å². The number of hydrogen-bond acceptors (Lipinski definition) is 6. The summed E-state index contributed by atoms with van der Waals surface area (Å²) in [4.78, 5) is 14.5. The van der Waals surface area contributed by atoms with Crippen molar-refractivity contribution in [2.75, 3.05) is 16.8 Å². The van der Waals surface area contributed by atoms with Gasteiger partial charge in [-0.3, -0.25) is 0 Å². The maximum Gasteiger partial charge on any atom is 1.00 e. The van der Waals surface area contributed by atoms with E-state index < -0.39 is 16.1 Å². The van der Waals surface area contributed by atoms with Gasteiger partial charge in [0.15, 0.2) is 0 Å². The summed E-state index contributed by atoms with van der Waals surface area (Å²) in [5, 5.41) is 6.20. The van der Waals surface area contributed by atoms with Crippen LogP contribution in [0.15, 0.2) is 71.6 Å². The van der Waals surface area contributed by atoms with E-state index in [4.69, 9.17) is 5.73 Å². The number of nitrogens with one attached hydrogen (secondary N) is 3. The molecule has 3 aromatic rings. The molecule has 10 heteroatoms. The molecule has 1 aliphatic rings. The first-order valence-electron chi connectivity index (χ1n) is 11.7. The van der Waals surface area contributed by atoms with Crippen LogP contribution in [0.2, 0.25) is 0 Å². The topological polar surface area (TPSA) is 117 Å². The van der Waals surface area contributed by atoms with E-state index in [-0.39, 0.29) is 42.0 Å². The molecule has 1 aliphatic heterocycles. The largest absolute Gasteiger partial charge is 1.00 e. The average molecular weight is 518 g/mol. The fraction of sp³-hybridized carbons (Fsp3) is 0.269. The fourth-order valence-electron chi connectivity index (χ4n) is 4.16. The number of urea groups is 1. The van der Waals surface area contributed by atoms with Gasteiger partial charge in [0.1, 0.15) is 6.17 Å². The zero-order valence-electron chi connectivity index (χ0n) is 21.9. The summed E-state index contributed by atoms with van der Waals surface area (Å²) in [6.07, 6.45) is 1.72. The van der Waals surface area contributed by atoms with Gasteiger partial charge in [-0.25, -0.2) is 17.9 Å². The molecule has 0 spiro atoms. The smallest absolute Gasteiger partial charge is 1.00 e. The van der Waals surface area contributed by atoms with E-state index in [2.05, 4.69) is 59.7 Å². The Labute approximate surface area is 236 Å². The number of carbonyl (C=O) groups is 1. The van der Waals surface area contributed by atoms with E-state index in [1.807, 2.05) is 16.9 Å². The first-order chi connectivity index (χ1) is 16.8. The number of anilines is 3. The van der Waals surface area contributed by atoms with Crippen LogP contribution in [0, 0.1) is 6.92 Å². The molecule has 1 heterocycles. The Morgan fingerprint density at radius 3 is 2.36 bits per heavy atom. The van der Waals surface area contributed by atoms with Gasteiger partial charge < -0.3 is 22.7 Å². The first kappa shape index (κ1) is 28.0. The number of benzene rings is 3. The molecule has 1 unspecified atom stereocenters. The summed E-state index contributed by atoms with van der Waals surface area (Å²) in [7, 11) is -3.94. The molecule has 3 aromatic carbocycles. The molecule has 0 aliphatic carbocycles. The van der Waals surface area contributed by atoms with E-state index in [0.717, 1.165) is 34.6 Å². The standard InChI is InChI=1S/C26H31N5O3S.Na.H/c1-3-25-29-23-16-18(2)4-13-24(23)31(25)21-9-5-19(6-10-21)14-15-28-26(32)30-35(33,34)22-11-7-20(17-27)8-12-22;;/h4-13,16,25,29H,3,14-15,17,27H2,1-2H3,(H2,28,30,32);;/q;+1;-1. The predicted octanol–water partition coefficient (Wildman–Crippen LogP) is 1.10. The Kier molecular flexibility index (Phi) is 9.43. The van der Waals surface area contributed by atoms with Crippen LogP contribution in [0.25, 0.3) is 0 Å². The van der Waals surface area contributed by atoms with Gasteiger partial charge in [0, 0.05) is 18.8 Å². The number of carbonyl (C=O) groups excluding carboxylic acids is 1. The summed E-state index contributed by atoms with van der Waals surface area (Å²) in [5.41, 5.74) is 12.0. The van der Waals surface area contributed by atoms with Gasteiger partial charge >= 0.3 is 35.6 Å². The van der Waals surface area contributed by atoms with Crippen molar-refractivity contribution < 1.29 is 44.2 Å². The Bertz CT molecular complexity index is 1300. The van der Waals surface area contributed by atoms with Gasteiger partial charge in [-0.2, -0.15) is 0 Å². The molecule has 0 aromatic heterocycles. The zero-order chi connectivity index (χ0) is 25.0. The van der Waals surface area contributed by atoms with Gasteiger partial charge in [0.05, 0.1) is 16.3 Å². The molecule has 8 nitrogen and oxygen atoms in total. The third-order valence-corrected chi connectivity index (χ3v) is 7.39. The Hall–Kier alpha value is -2.56. The number of fused-ring (bicyclic) bond motifs is 1. The number of amides is 2. The molecule has 0 saturated carbocycles. The molecule has 0 radical (unpaired) electrons. The van der Waals surface area contributed by atoms with E-state index >= 15 is 0 Å². The number of nitrogens with zero attached hydrogens (tertiary/aromatic N) is 1. The second-order valence-electron chi connectivity index (χ2n) is 8.58. The summed E-state index contributed by atoms with van der Waals surface area (Å²) in [6, 6.07) is 20.0. The van der Waals surface area contributed by atoms with Crippen LogP contribution in [-0.2, 0) is 23.0 Å². The average Bonchev–Trinajstić information content (AvgIpc) is 3.22.